The number of piperidine rings is 1. The zero-order valence-corrected chi connectivity index (χ0v) is 20.7. The fourth-order valence-corrected chi connectivity index (χ4v) is 5.19. The number of benzene rings is 1. The first-order valence-corrected chi connectivity index (χ1v) is 12.0. The first kappa shape index (κ1) is 24.1. The number of aromatic nitrogens is 1. The van der Waals surface area contributed by atoms with Crippen molar-refractivity contribution in [2.24, 2.45) is 5.92 Å². The first-order valence-electron chi connectivity index (χ1n) is 11.7. The molecule has 1 aromatic carbocycles. The molecule has 34 heavy (non-hydrogen) atoms. The number of esters is 1. The van der Waals surface area contributed by atoms with Gasteiger partial charge >= 0.3 is 5.97 Å². The van der Waals surface area contributed by atoms with Gasteiger partial charge in [-0.15, -0.1) is 0 Å². The van der Waals surface area contributed by atoms with E-state index in [0.29, 0.717) is 53.7 Å². The predicted octanol–water partition coefficient (Wildman–Crippen LogP) is 3.27. The maximum absolute atomic E-state index is 13.3. The van der Waals surface area contributed by atoms with Crippen LogP contribution in [0.1, 0.15) is 44.9 Å². The van der Waals surface area contributed by atoms with Gasteiger partial charge in [0.2, 0.25) is 5.91 Å². The van der Waals surface area contributed by atoms with Crippen molar-refractivity contribution in [3.63, 3.8) is 0 Å². The van der Waals surface area contributed by atoms with Crippen molar-refractivity contribution < 1.29 is 19.1 Å². The highest BCUT2D eigenvalue weighted by atomic mass is 35.5. The van der Waals surface area contributed by atoms with Crippen LogP contribution in [0, 0.1) is 19.8 Å². The number of anilines is 1. The Balaban J connectivity index is 1.39. The van der Waals surface area contributed by atoms with Crippen molar-refractivity contribution >= 4 is 35.1 Å². The summed E-state index contributed by atoms with van der Waals surface area (Å²) in [6.07, 6.45) is 1.54. The lowest BCUT2D eigenvalue weighted by Crippen LogP contribution is -2.53. The summed E-state index contributed by atoms with van der Waals surface area (Å²) in [5.74, 6) is -0.752. The minimum atomic E-state index is -0.464. The van der Waals surface area contributed by atoms with Gasteiger partial charge in [0.15, 0.2) is 0 Å². The van der Waals surface area contributed by atoms with Crippen LogP contribution in [0.15, 0.2) is 24.3 Å². The molecule has 0 aliphatic carbocycles. The monoisotopic (exact) mass is 486 g/mol. The van der Waals surface area contributed by atoms with Gasteiger partial charge in [-0.2, -0.15) is 0 Å². The number of aryl methyl sites for hydroxylation is 1. The third kappa shape index (κ3) is 4.78. The molecule has 1 aromatic heterocycles. The minimum absolute atomic E-state index is 0.109. The molecule has 0 bridgehead atoms. The molecular weight excluding hydrogens is 456 g/mol. The summed E-state index contributed by atoms with van der Waals surface area (Å²) in [5, 5.41) is 0.703. The van der Waals surface area contributed by atoms with Gasteiger partial charge in [0.1, 0.15) is 5.69 Å². The lowest BCUT2D eigenvalue weighted by atomic mass is 9.95. The highest BCUT2D eigenvalue weighted by molar-refractivity contribution is 6.30. The van der Waals surface area contributed by atoms with E-state index >= 15 is 0 Å². The van der Waals surface area contributed by atoms with Crippen LogP contribution in [0.3, 0.4) is 0 Å². The highest BCUT2D eigenvalue weighted by Crippen LogP contribution is 2.26. The average molecular weight is 487 g/mol. The Kier molecular flexibility index (Phi) is 7.16. The fourth-order valence-electron chi connectivity index (χ4n) is 5.01. The number of carbonyl (C=O) groups is 3. The maximum atomic E-state index is 13.3. The molecule has 2 aliphatic heterocycles. The van der Waals surface area contributed by atoms with Crippen LogP contribution >= 0.6 is 11.6 Å². The third-order valence-electron chi connectivity index (χ3n) is 6.86. The summed E-state index contributed by atoms with van der Waals surface area (Å²) in [6, 6.07) is 7.76. The van der Waals surface area contributed by atoms with E-state index in [9.17, 15) is 14.4 Å². The van der Waals surface area contributed by atoms with Gasteiger partial charge < -0.3 is 24.4 Å². The summed E-state index contributed by atoms with van der Waals surface area (Å²) in [4.78, 5) is 47.6. The number of likely N-dealkylation sites (tertiary alicyclic amines) is 1. The number of carbonyl (C=O) groups excluding carboxylic acids is 3. The van der Waals surface area contributed by atoms with E-state index in [0.717, 1.165) is 31.6 Å². The van der Waals surface area contributed by atoms with Gasteiger partial charge in [-0.25, -0.2) is 4.79 Å². The molecule has 0 radical (unpaired) electrons. The molecule has 1 unspecified atom stereocenters. The van der Waals surface area contributed by atoms with Crippen LogP contribution in [0.25, 0.3) is 0 Å². The van der Waals surface area contributed by atoms with Crippen LogP contribution in [0.2, 0.25) is 5.02 Å². The molecule has 2 saturated heterocycles. The zero-order valence-electron chi connectivity index (χ0n) is 19.9. The lowest BCUT2D eigenvalue weighted by Gasteiger charge is -2.39. The second kappa shape index (κ2) is 10.1. The Morgan fingerprint density at radius 2 is 1.79 bits per heavy atom. The normalized spacial score (nSPS) is 18.7. The van der Waals surface area contributed by atoms with Gasteiger partial charge in [0, 0.05) is 55.7 Å². The highest BCUT2D eigenvalue weighted by Gasteiger charge is 2.34. The molecule has 182 valence electrons. The molecule has 9 heteroatoms. The van der Waals surface area contributed by atoms with Crippen LogP contribution in [-0.2, 0) is 9.53 Å². The first-order chi connectivity index (χ1) is 16.3. The van der Waals surface area contributed by atoms with Gasteiger partial charge in [-0.1, -0.05) is 17.7 Å². The maximum Gasteiger partial charge on any atom is 0.339 e. The fraction of sp³-hybridized carbons (Fsp3) is 0.480. The van der Waals surface area contributed by atoms with E-state index in [-0.39, 0.29) is 17.7 Å². The molecule has 2 aromatic rings. The minimum Gasteiger partial charge on any atom is -0.465 e. The smallest absolute Gasteiger partial charge is 0.339 e. The molecule has 0 spiro atoms. The molecule has 2 amide bonds. The SMILES string of the molecule is COC(=O)c1c(C)[nH]c(C(=O)N2CCCC(C(=O)N3CCN(c4cccc(Cl)c4)CC3)C2)c1C. The van der Waals surface area contributed by atoms with E-state index < -0.39 is 5.97 Å². The molecule has 1 N–H and O–H groups in total. The number of hydrogen-bond acceptors (Lipinski definition) is 5. The molecule has 0 saturated carbocycles. The Morgan fingerprint density at radius 3 is 2.47 bits per heavy atom. The summed E-state index contributed by atoms with van der Waals surface area (Å²) >= 11 is 6.12. The van der Waals surface area contributed by atoms with Crippen molar-refractivity contribution in [3.05, 3.63) is 51.8 Å². The summed E-state index contributed by atoms with van der Waals surface area (Å²) < 4.78 is 4.85. The number of piperazine rings is 1. The van der Waals surface area contributed by atoms with Crippen molar-refractivity contribution in [2.75, 3.05) is 51.3 Å². The number of rotatable bonds is 4. The van der Waals surface area contributed by atoms with Gasteiger partial charge in [0.25, 0.3) is 5.91 Å². The summed E-state index contributed by atoms with van der Waals surface area (Å²) in [7, 11) is 1.32. The van der Waals surface area contributed by atoms with E-state index in [1.165, 1.54) is 7.11 Å². The quantitative estimate of drug-likeness (QED) is 0.670. The Morgan fingerprint density at radius 1 is 1.06 bits per heavy atom. The molecular formula is C25H31ClN4O4. The Labute approximate surface area is 204 Å². The number of methoxy groups -OCH3 is 1. The van der Waals surface area contributed by atoms with Gasteiger partial charge in [-0.3, -0.25) is 9.59 Å². The average Bonchev–Trinajstić information content (AvgIpc) is 3.16. The molecule has 4 rings (SSSR count). The molecule has 1 atom stereocenters. The Bertz CT molecular complexity index is 1090. The predicted molar refractivity (Wildman–Crippen MR) is 130 cm³/mol. The van der Waals surface area contributed by atoms with Gasteiger partial charge in [0.05, 0.1) is 18.6 Å². The number of nitrogens with zero attached hydrogens (tertiary/aromatic N) is 3. The molecule has 2 fully saturated rings. The number of ether oxygens (including phenoxy) is 1. The number of hydrogen-bond donors (Lipinski definition) is 1. The number of nitrogens with one attached hydrogen (secondary N) is 1. The van der Waals surface area contributed by atoms with Crippen molar-refractivity contribution in [1.29, 1.82) is 0 Å². The van der Waals surface area contributed by atoms with E-state index in [4.69, 9.17) is 16.3 Å². The summed E-state index contributed by atoms with van der Waals surface area (Å²) in [5.41, 5.74) is 3.04. The number of halogens is 1. The summed E-state index contributed by atoms with van der Waals surface area (Å²) in [6.45, 7) is 7.27. The lowest BCUT2D eigenvalue weighted by molar-refractivity contribution is -0.137. The largest absolute Gasteiger partial charge is 0.465 e. The van der Waals surface area contributed by atoms with Crippen LogP contribution in [0.4, 0.5) is 5.69 Å². The second-order valence-electron chi connectivity index (χ2n) is 9.00. The topological polar surface area (TPSA) is 85.9 Å². The van der Waals surface area contributed by atoms with Gasteiger partial charge in [-0.05, 0) is 50.5 Å². The van der Waals surface area contributed by atoms with Crippen molar-refractivity contribution in [1.82, 2.24) is 14.8 Å². The number of aromatic amines is 1. The van der Waals surface area contributed by atoms with Crippen LogP contribution < -0.4 is 4.90 Å². The third-order valence-corrected chi connectivity index (χ3v) is 7.10. The van der Waals surface area contributed by atoms with Crippen LogP contribution in [0.5, 0.6) is 0 Å². The standard InChI is InChI=1S/C25H31ClN4O4/c1-16-21(25(33)34-3)17(2)27-22(16)24(32)30-9-5-6-18(15-30)23(31)29-12-10-28(11-13-29)20-8-4-7-19(26)14-20/h4,7-8,14,18,27H,5-6,9-13,15H2,1-3H3. The van der Waals surface area contributed by atoms with E-state index in [1.54, 1.807) is 18.7 Å². The van der Waals surface area contributed by atoms with E-state index in [2.05, 4.69) is 9.88 Å². The zero-order chi connectivity index (χ0) is 24.4. The Hall–Kier alpha value is -3.00. The molecule has 8 nitrogen and oxygen atoms in total. The van der Waals surface area contributed by atoms with Crippen molar-refractivity contribution in [3.8, 4) is 0 Å². The van der Waals surface area contributed by atoms with Crippen LogP contribution in [-0.4, -0.2) is 78.9 Å². The number of amides is 2. The van der Waals surface area contributed by atoms with Crippen molar-refractivity contribution in [2.45, 2.75) is 26.7 Å². The molecule has 2 aliphatic rings. The second-order valence-corrected chi connectivity index (χ2v) is 9.44. The number of H-pyrrole nitrogens is 1. The van der Waals surface area contributed by atoms with E-state index in [1.807, 2.05) is 29.2 Å². The molecule has 3 heterocycles.